The van der Waals surface area contributed by atoms with Crippen LogP contribution in [0, 0.1) is 18.8 Å². The maximum Gasteiger partial charge on any atom is 0.171 e. The Bertz CT molecular complexity index is 916. The molecule has 1 N–H and O–H groups in total. The highest BCUT2D eigenvalue weighted by atomic mass is 16.5. The number of nitrogens with one attached hydrogen (secondary N) is 1. The lowest BCUT2D eigenvalue weighted by molar-refractivity contribution is 0.167. The van der Waals surface area contributed by atoms with E-state index in [4.69, 9.17) is 4.52 Å². The summed E-state index contributed by atoms with van der Waals surface area (Å²) in [7, 11) is 0. The Morgan fingerprint density at radius 2 is 2.08 bits per heavy atom. The van der Waals surface area contributed by atoms with Crippen molar-refractivity contribution in [2.45, 2.75) is 51.9 Å². The van der Waals surface area contributed by atoms with Gasteiger partial charge >= 0.3 is 0 Å². The second-order valence-corrected chi connectivity index (χ2v) is 8.74. The van der Waals surface area contributed by atoms with Crippen molar-refractivity contribution >= 4 is 21.9 Å². The van der Waals surface area contributed by atoms with Gasteiger partial charge in [-0.3, -0.25) is 0 Å². The van der Waals surface area contributed by atoms with Crippen molar-refractivity contribution in [3.63, 3.8) is 0 Å². The second kappa shape index (κ2) is 6.41. The zero-order valence-corrected chi connectivity index (χ0v) is 15.9. The zero-order chi connectivity index (χ0) is 17.7. The Labute approximate surface area is 154 Å². The minimum Gasteiger partial charge on any atom is -0.361 e. The molecule has 2 aromatic heterocycles. The molecule has 0 bridgehead atoms. The smallest absolute Gasteiger partial charge is 0.171 e. The molecule has 0 spiro atoms. The maximum atomic E-state index is 5.79. The van der Waals surface area contributed by atoms with Crippen LogP contribution in [0.25, 0.3) is 21.9 Å². The number of nitrogens with zero attached hydrogens (tertiary/aromatic N) is 2. The van der Waals surface area contributed by atoms with Crippen LogP contribution >= 0.6 is 0 Å². The molecular weight excluding hydrogens is 322 g/mol. The van der Waals surface area contributed by atoms with Crippen LogP contribution in [-0.4, -0.2) is 34.7 Å². The normalized spacial score (nSPS) is 25.6. The molecule has 2 fully saturated rings. The Balaban J connectivity index is 1.38. The summed E-state index contributed by atoms with van der Waals surface area (Å²) in [6.45, 7) is 8.32. The highest BCUT2D eigenvalue weighted by molar-refractivity contribution is 6.07. The summed E-state index contributed by atoms with van der Waals surface area (Å²) in [6.07, 6.45) is 8.67. The van der Waals surface area contributed by atoms with Gasteiger partial charge in [-0.1, -0.05) is 12.1 Å². The fourth-order valence-corrected chi connectivity index (χ4v) is 5.26. The molecule has 3 heterocycles. The number of benzene rings is 1. The molecule has 1 saturated heterocycles. The lowest BCUT2D eigenvalue weighted by Crippen LogP contribution is -2.36. The van der Waals surface area contributed by atoms with E-state index in [1.165, 1.54) is 73.6 Å². The number of H-pyrrole nitrogens is 1. The first-order valence-corrected chi connectivity index (χ1v) is 10.3. The van der Waals surface area contributed by atoms with Crippen molar-refractivity contribution in [2.75, 3.05) is 19.6 Å². The fraction of sp³-hybridized carbons (Fsp3) is 0.591. The number of aromatic nitrogens is 2. The minimum atomic E-state index is 0.603. The molecule has 2 aliphatic rings. The van der Waals surface area contributed by atoms with Crippen LogP contribution in [-0.2, 0) is 0 Å². The average Bonchev–Trinajstić information content (AvgIpc) is 3.36. The first-order chi connectivity index (χ1) is 12.7. The van der Waals surface area contributed by atoms with Gasteiger partial charge in [-0.2, -0.15) is 0 Å². The fourth-order valence-electron chi connectivity index (χ4n) is 5.26. The van der Waals surface area contributed by atoms with Gasteiger partial charge in [0.1, 0.15) is 0 Å². The number of piperidine rings is 1. The van der Waals surface area contributed by atoms with Crippen LogP contribution in [0.1, 0.15) is 56.2 Å². The van der Waals surface area contributed by atoms with Gasteiger partial charge in [0.2, 0.25) is 0 Å². The molecule has 138 valence electrons. The number of aromatic amines is 1. The molecule has 26 heavy (non-hydrogen) atoms. The Hall–Kier alpha value is -1.81. The summed E-state index contributed by atoms with van der Waals surface area (Å²) in [5.74, 6) is 2.34. The van der Waals surface area contributed by atoms with Crippen molar-refractivity contribution < 1.29 is 4.52 Å². The summed E-state index contributed by atoms with van der Waals surface area (Å²) < 4.78 is 5.79. The molecule has 2 atom stereocenters. The molecule has 1 saturated carbocycles. The maximum absolute atomic E-state index is 5.79. The van der Waals surface area contributed by atoms with E-state index in [9.17, 15) is 0 Å². The van der Waals surface area contributed by atoms with Gasteiger partial charge in [0.05, 0.1) is 11.1 Å². The van der Waals surface area contributed by atoms with Crippen molar-refractivity contribution in [1.29, 1.82) is 0 Å². The molecule has 1 aliphatic carbocycles. The minimum absolute atomic E-state index is 0.603. The van der Waals surface area contributed by atoms with E-state index in [-0.39, 0.29) is 0 Å². The van der Waals surface area contributed by atoms with Crippen LogP contribution in [0.3, 0.4) is 0 Å². The molecule has 0 amide bonds. The first kappa shape index (κ1) is 16.4. The van der Waals surface area contributed by atoms with E-state index < -0.39 is 0 Å². The van der Waals surface area contributed by atoms with Gasteiger partial charge in [0.25, 0.3) is 0 Å². The van der Waals surface area contributed by atoms with E-state index in [1.807, 2.05) is 6.20 Å². The lowest BCUT2D eigenvalue weighted by Gasteiger charge is -2.32. The van der Waals surface area contributed by atoms with E-state index >= 15 is 0 Å². The third-order valence-electron chi connectivity index (χ3n) is 6.85. The van der Waals surface area contributed by atoms with Crippen molar-refractivity contribution in [2.24, 2.45) is 11.8 Å². The second-order valence-electron chi connectivity index (χ2n) is 8.74. The van der Waals surface area contributed by atoms with Gasteiger partial charge in [0.15, 0.2) is 5.58 Å². The Kier molecular flexibility index (Phi) is 4.04. The van der Waals surface area contributed by atoms with Gasteiger partial charge in [-0.15, -0.1) is 0 Å². The molecule has 2 unspecified atom stereocenters. The van der Waals surface area contributed by atoms with E-state index in [0.29, 0.717) is 5.92 Å². The Morgan fingerprint density at radius 1 is 1.23 bits per heavy atom. The summed E-state index contributed by atoms with van der Waals surface area (Å²) in [5, 5.41) is 6.72. The van der Waals surface area contributed by atoms with Gasteiger partial charge < -0.3 is 14.4 Å². The first-order valence-electron chi connectivity index (χ1n) is 10.3. The monoisotopic (exact) mass is 351 g/mol. The van der Waals surface area contributed by atoms with Gasteiger partial charge in [0, 0.05) is 29.2 Å². The number of likely N-dealkylation sites (tertiary alicyclic amines) is 1. The van der Waals surface area contributed by atoms with Crippen LogP contribution < -0.4 is 0 Å². The predicted molar refractivity (Wildman–Crippen MR) is 106 cm³/mol. The molecule has 3 aromatic rings. The third kappa shape index (κ3) is 2.75. The van der Waals surface area contributed by atoms with E-state index in [1.54, 1.807) is 0 Å². The molecule has 0 radical (unpaired) electrons. The van der Waals surface area contributed by atoms with Crippen LogP contribution in [0.4, 0.5) is 0 Å². The van der Waals surface area contributed by atoms with Crippen molar-refractivity contribution in [1.82, 2.24) is 15.0 Å². The number of aryl methyl sites for hydroxylation is 1. The highest BCUT2D eigenvalue weighted by Gasteiger charge is 2.31. The molecule has 1 aliphatic heterocycles. The molecular formula is C22H29N3O. The standard InChI is InChI=1S/C22H29N3O/c1-14-6-9-25(10-7-14)13-16-3-4-17(11-16)19-12-20-18(5-8-23-20)21-15(2)24-26-22(19)21/h5,8,12,14,16-17,23H,3-4,6-7,9-11,13H2,1-2H3. The van der Waals surface area contributed by atoms with Crippen LogP contribution in [0.5, 0.6) is 0 Å². The van der Waals surface area contributed by atoms with Gasteiger partial charge in [-0.05, 0) is 82.0 Å². The van der Waals surface area contributed by atoms with Crippen molar-refractivity contribution in [3.8, 4) is 0 Å². The average molecular weight is 351 g/mol. The largest absolute Gasteiger partial charge is 0.361 e. The Morgan fingerprint density at radius 3 is 2.92 bits per heavy atom. The van der Waals surface area contributed by atoms with Crippen LogP contribution in [0.15, 0.2) is 22.9 Å². The number of rotatable bonds is 3. The zero-order valence-electron chi connectivity index (χ0n) is 15.9. The topological polar surface area (TPSA) is 45.1 Å². The van der Waals surface area contributed by atoms with E-state index in [0.717, 1.165) is 23.1 Å². The molecule has 4 heteroatoms. The lowest BCUT2D eigenvalue weighted by atomic mass is 9.92. The number of hydrogen-bond acceptors (Lipinski definition) is 3. The quantitative estimate of drug-likeness (QED) is 0.702. The summed E-state index contributed by atoms with van der Waals surface area (Å²) >= 11 is 0. The number of hydrogen-bond donors (Lipinski definition) is 1. The van der Waals surface area contributed by atoms with Crippen LogP contribution in [0.2, 0.25) is 0 Å². The molecule has 5 rings (SSSR count). The summed E-state index contributed by atoms with van der Waals surface area (Å²) in [6, 6.07) is 4.46. The predicted octanol–water partition coefficient (Wildman–Crippen LogP) is 5.23. The number of fused-ring (bicyclic) bond motifs is 3. The van der Waals surface area contributed by atoms with Gasteiger partial charge in [-0.25, -0.2) is 0 Å². The third-order valence-corrected chi connectivity index (χ3v) is 6.85. The van der Waals surface area contributed by atoms with Crippen molar-refractivity contribution in [3.05, 3.63) is 29.6 Å². The summed E-state index contributed by atoms with van der Waals surface area (Å²) in [4.78, 5) is 6.10. The molecule has 4 nitrogen and oxygen atoms in total. The molecule has 1 aromatic carbocycles. The van der Waals surface area contributed by atoms with E-state index in [2.05, 4.69) is 41.0 Å². The summed E-state index contributed by atoms with van der Waals surface area (Å²) in [5.41, 5.74) is 4.60. The SMILES string of the molecule is Cc1noc2c(C3CCC(CN4CCC(C)CC4)C3)cc3[nH]ccc3c12. The highest BCUT2D eigenvalue weighted by Crippen LogP contribution is 2.43.